The number of halogens is 3. The fourth-order valence-electron chi connectivity index (χ4n) is 1.90. The quantitative estimate of drug-likeness (QED) is 0.799. The van der Waals surface area contributed by atoms with E-state index in [4.69, 9.17) is 0 Å². The lowest BCUT2D eigenvalue weighted by Crippen LogP contribution is -2.27. The SMILES string of the molecule is Fc1ccc(C(F)C2CCCN2)c(F)c1. The van der Waals surface area contributed by atoms with E-state index in [1.54, 1.807) is 0 Å². The van der Waals surface area contributed by atoms with Crippen LogP contribution in [-0.2, 0) is 0 Å². The Morgan fingerprint density at radius 3 is 2.73 bits per heavy atom. The first kappa shape index (κ1) is 10.5. The maximum atomic E-state index is 13.8. The molecule has 2 atom stereocenters. The molecule has 1 nitrogen and oxygen atoms in total. The molecule has 2 unspecified atom stereocenters. The first-order chi connectivity index (χ1) is 7.18. The highest BCUT2D eigenvalue weighted by atomic mass is 19.1. The van der Waals surface area contributed by atoms with Gasteiger partial charge in [0, 0.05) is 17.7 Å². The Kier molecular flexibility index (Phi) is 2.95. The van der Waals surface area contributed by atoms with E-state index in [2.05, 4.69) is 5.32 Å². The van der Waals surface area contributed by atoms with Crippen LogP contribution in [0.25, 0.3) is 0 Å². The molecule has 1 fully saturated rings. The van der Waals surface area contributed by atoms with Crippen LogP contribution in [0, 0.1) is 11.6 Å². The van der Waals surface area contributed by atoms with Crippen LogP contribution >= 0.6 is 0 Å². The smallest absolute Gasteiger partial charge is 0.143 e. The Balaban J connectivity index is 2.20. The second-order valence-corrected chi connectivity index (χ2v) is 3.77. The molecular weight excluding hydrogens is 203 g/mol. The van der Waals surface area contributed by atoms with Gasteiger partial charge < -0.3 is 5.32 Å². The lowest BCUT2D eigenvalue weighted by Gasteiger charge is -2.16. The number of rotatable bonds is 2. The van der Waals surface area contributed by atoms with Crippen molar-refractivity contribution in [2.24, 2.45) is 0 Å². The highest BCUT2D eigenvalue weighted by Gasteiger charge is 2.27. The number of nitrogens with one attached hydrogen (secondary N) is 1. The molecule has 82 valence electrons. The Bertz CT molecular complexity index is 348. The van der Waals surface area contributed by atoms with Crippen molar-refractivity contribution >= 4 is 0 Å². The minimum atomic E-state index is -1.40. The summed E-state index contributed by atoms with van der Waals surface area (Å²) >= 11 is 0. The summed E-state index contributed by atoms with van der Waals surface area (Å²) in [7, 11) is 0. The van der Waals surface area contributed by atoms with Gasteiger partial charge in [-0.15, -0.1) is 0 Å². The number of alkyl halides is 1. The standard InChI is InChI=1S/C11H12F3N/c12-7-3-4-8(9(13)6-7)11(14)10-2-1-5-15-10/h3-4,6,10-11,15H,1-2,5H2. The van der Waals surface area contributed by atoms with Gasteiger partial charge in [-0.05, 0) is 25.5 Å². The van der Waals surface area contributed by atoms with Crippen LogP contribution in [0.1, 0.15) is 24.6 Å². The highest BCUT2D eigenvalue weighted by molar-refractivity contribution is 5.22. The molecule has 15 heavy (non-hydrogen) atoms. The summed E-state index contributed by atoms with van der Waals surface area (Å²) in [6.07, 6.45) is 0.194. The molecule has 1 aromatic rings. The maximum Gasteiger partial charge on any atom is 0.143 e. The first-order valence-electron chi connectivity index (χ1n) is 5.01. The van der Waals surface area contributed by atoms with Crippen molar-refractivity contribution in [3.8, 4) is 0 Å². The van der Waals surface area contributed by atoms with E-state index in [1.807, 2.05) is 0 Å². The van der Waals surface area contributed by atoms with Crippen LogP contribution in [-0.4, -0.2) is 12.6 Å². The summed E-state index contributed by atoms with van der Waals surface area (Å²) in [5, 5.41) is 2.96. The predicted molar refractivity (Wildman–Crippen MR) is 51.2 cm³/mol. The molecule has 2 rings (SSSR count). The molecule has 0 amide bonds. The molecule has 1 N–H and O–H groups in total. The molecule has 0 aromatic heterocycles. The van der Waals surface area contributed by atoms with E-state index in [1.165, 1.54) is 6.07 Å². The minimum Gasteiger partial charge on any atom is -0.311 e. The zero-order valence-corrected chi connectivity index (χ0v) is 8.14. The van der Waals surface area contributed by atoms with Crippen LogP contribution in [0.2, 0.25) is 0 Å². The molecule has 1 aliphatic heterocycles. The van der Waals surface area contributed by atoms with Crippen LogP contribution in [0.15, 0.2) is 18.2 Å². The van der Waals surface area contributed by atoms with Gasteiger partial charge in [-0.2, -0.15) is 0 Å². The highest BCUT2D eigenvalue weighted by Crippen LogP contribution is 2.28. The van der Waals surface area contributed by atoms with Gasteiger partial charge in [0.05, 0.1) is 0 Å². The summed E-state index contributed by atoms with van der Waals surface area (Å²) in [5.41, 5.74) is -0.0594. The first-order valence-corrected chi connectivity index (χ1v) is 5.01. The Morgan fingerprint density at radius 2 is 2.13 bits per heavy atom. The minimum absolute atomic E-state index is 0.0594. The third-order valence-corrected chi connectivity index (χ3v) is 2.71. The lowest BCUT2D eigenvalue weighted by molar-refractivity contribution is 0.263. The van der Waals surface area contributed by atoms with Crippen molar-refractivity contribution in [1.29, 1.82) is 0 Å². The van der Waals surface area contributed by atoms with E-state index in [-0.39, 0.29) is 11.6 Å². The van der Waals surface area contributed by atoms with Gasteiger partial charge in [0.2, 0.25) is 0 Å². The molecule has 0 radical (unpaired) electrons. The maximum absolute atomic E-state index is 13.8. The van der Waals surface area contributed by atoms with Gasteiger partial charge in [0.1, 0.15) is 17.8 Å². The van der Waals surface area contributed by atoms with E-state index in [0.717, 1.165) is 25.1 Å². The largest absolute Gasteiger partial charge is 0.311 e. The third-order valence-electron chi connectivity index (χ3n) is 2.71. The van der Waals surface area contributed by atoms with Gasteiger partial charge in [0.15, 0.2) is 0 Å². The fourth-order valence-corrected chi connectivity index (χ4v) is 1.90. The number of hydrogen-bond donors (Lipinski definition) is 1. The van der Waals surface area contributed by atoms with Crippen molar-refractivity contribution in [1.82, 2.24) is 5.32 Å². The summed E-state index contributed by atoms with van der Waals surface area (Å²) in [5.74, 6) is -1.49. The zero-order chi connectivity index (χ0) is 10.8. The van der Waals surface area contributed by atoms with Crippen LogP contribution in [0.4, 0.5) is 13.2 Å². The predicted octanol–water partition coefficient (Wildman–Crippen LogP) is 2.73. The van der Waals surface area contributed by atoms with Crippen molar-refractivity contribution in [2.45, 2.75) is 25.1 Å². The Hall–Kier alpha value is -1.03. The average Bonchev–Trinajstić information content (AvgIpc) is 2.69. The van der Waals surface area contributed by atoms with Crippen LogP contribution < -0.4 is 5.32 Å². The molecule has 0 spiro atoms. The second-order valence-electron chi connectivity index (χ2n) is 3.77. The van der Waals surface area contributed by atoms with Crippen LogP contribution in [0.3, 0.4) is 0 Å². The summed E-state index contributed by atoms with van der Waals surface area (Å²) < 4.78 is 39.7. The van der Waals surface area contributed by atoms with Gasteiger partial charge in [-0.25, -0.2) is 13.2 Å². The Morgan fingerprint density at radius 1 is 1.33 bits per heavy atom. The molecule has 1 heterocycles. The van der Waals surface area contributed by atoms with Crippen molar-refractivity contribution in [3.63, 3.8) is 0 Å². The molecule has 1 aliphatic rings. The van der Waals surface area contributed by atoms with Crippen molar-refractivity contribution in [2.75, 3.05) is 6.54 Å². The second kappa shape index (κ2) is 4.23. The molecular formula is C11H12F3N. The summed E-state index contributed by atoms with van der Waals surface area (Å²) in [6, 6.07) is 2.64. The monoisotopic (exact) mass is 215 g/mol. The number of benzene rings is 1. The van der Waals surface area contributed by atoms with Gasteiger partial charge in [-0.1, -0.05) is 6.07 Å². The fraction of sp³-hybridized carbons (Fsp3) is 0.455. The van der Waals surface area contributed by atoms with E-state index in [9.17, 15) is 13.2 Å². The molecule has 1 saturated heterocycles. The average molecular weight is 215 g/mol. The van der Waals surface area contributed by atoms with Gasteiger partial charge in [-0.3, -0.25) is 0 Å². The van der Waals surface area contributed by atoms with Crippen molar-refractivity contribution in [3.05, 3.63) is 35.4 Å². The molecule has 4 heteroatoms. The molecule has 0 aliphatic carbocycles. The van der Waals surface area contributed by atoms with E-state index < -0.39 is 17.8 Å². The van der Waals surface area contributed by atoms with Crippen LogP contribution in [0.5, 0.6) is 0 Å². The third kappa shape index (κ3) is 2.15. The Labute approximate surface area is 86.3 Å². The van der Waals surface area contributed by atoms with Gasteiger partial charge >= 0.3 is 0 Å². The normalized spacial score (nSPS) is 23.0. The van der Waals surface area contributed by atoms with E-state index in [0.29, 0.717) is 6.42 Å². The number of hydrogen-bond acceptors (Lipinski definition) is 1. The zero-order valence-electron chi connectivity index (χ0n) is 8.14. The lowest BCUT2D eigenvalue weighted by atomic mass is 10.0. The summed E-state index contributed by atoms with van der Waals surface area (Å²) in [4.78, 5) is 0. The summed E-state index contributed by atoms with van der Waals surface area (Å²) in [6.45, 7) is 0.758. The molecule has 0 bridgehead atoms. The molecule has 0 saturated carbocycles. The molecule has 1 aromatic carbocycles. The van der Waals surface area contributed by atoms with Gasteiger partial charge in [0.25, 0.3) is 0 Å². The van der Waals surface area contributed by atoms with E-state index >= 15 is 0 Å². The topological polar surface area (TPSA) is 12.0 Å². The van der Waals surface area contributed by atoms with Crippen molar-refractivity contribution < 1.29 is 13.2 Å².